The number of hydrogen-bond acceptors (Lipinski definition) is 4. The van der Waals surface area contributed by atoms with Gasteiger partial charge in [-0.25, -0.2) is 0 Å². The van der Waals surface area contributed by atoms with E-state index in [0.717, 1.165) is 19.6 Å². The first-order valence-corrected chi connectivity index (χ1v) is 6.13. The summed E-state index contributed by atoms with van der Waals surface area (Å²) < 4.78 is 0. The first-order valence-electron chi connectivity index (χ1n) is 6.13. The molecule has 1 rings (SSSR count). The normalized spacial score (nSPS) is 11.7. The van der Waals surface area contributed by atoms with Crippen molar-refractivity contribution in [1.82, 2.24) is 4.90 Å². The SMILES string of the molecule is CCN(C)CCN(C)c1c(C(C)C)c(=O)c1=O. The largest absolute Gasteiger partial charge is 0.370 e. The first kappa shape index (κ1) is 13.9. The molecule has 0 N–H and O–H groups in total. The third-order valence-electron chi connectivity index (χ3n) is 3.24. The minimum absolute atomic E-state index is 0.126. The lowest BCUT2D eigenvalue weighted by molar-refractivity contribution is 0.360. The Morgan fingerprint density at radius 3 is 2.12 bits per heavy atom. The van der Waals surface area contributed by atoms with Gasteiger partial charge in [0.1, 0.15) is 0 Å². The van der Waals surface area contributed by atoms with Crippen molar-refractivity contribution in [2.45, 2.75) is 26.7 Å². The second kappa shape index (κ2) is 5.45. The van der Waals surface area contributed by atoms with Gasteiger partial charge in [-0.1, -0.05) is 20.8 Å². The third kappa shape index (κ3) is 2.75. The molecule has 0 saturated heterocycles. The summed E-state index contributed by atoms with van der Waals surface area (Å²) in [7, 11) is 3.92. The molecule has 0 aliphatic heterocycles. The second-order valence-electron chi connectivity index (χ2n) is 4.89. The van der Waals surface area contributed by atoms with Crippen LogP contribution in [0, 0.1) is 0 Å². The molecule has 17 heavy (non-hydrogen) atoms. The van der Waals surface area contributed by atoms with E-state index in [-0.39, 0.29) is 16.8 Å². The topological polar surface area (TPSA) is 40.6 Å². The molecular formula is C13H22N2O2. The van der Waals surface area contributed by atoms with Crippen molar-refractivity contribution in [3.8, 4) is 0 Å². The molecule has 4 heteroatoms. The average molecular weight is 238 g/mol. The van der Waals surface area contributed by atoms with Crippen molar-refractivity contribution in [2.75, 3.05) is 38.6 Å². The van der Waals surface area contributed by atoms with E-state index in [1.807, 2.05) is 32.8 Å². The van der Waals surface area contributed by atoms with Crippen LogP contribution in [0.4, 0.5) is 5.69 Å². The van der Waals surface area contributed by atoms with Crippen molar-refractivity contribution in [2.24, 2.45) is 0 Å². The van der Waals surface area contributed by atoms with E-state index in [1.165, 1.54) is 0 Å². The Morgan fingerprint density at radius 2 is 1.65 bits per heavy atom. The summed E-state index contributed by atoms with van der Waals surface area (Å²) in [5.74, 6) is 0.126. The molecule has 1 aromatic rings. The van der Waals surface area contributed by atoms with Gasteiger partial charge >= 0.3 is 0 Å². The van der Waals surface area contributed by atoms with Crippen molar-refractivity contribution >= 4 is 5.69 Å². The van der Waals surface area contributed by atoms with Crippen LogP contribution >= 0.6 is 0 Å². The maximum absolute atomic E-state index is 11.6. The monoisotopic (exact) mass is 238 g/mol. The predicted molar refractivity (Wildman–Crippen MR) is 71.9 cm³/mol. The maximum Gasteiger partial charge on any atom is 0.249 e. The highest BCUT2D eigenvalue weighted by Gasteiger charge is 2.25. The Hall–Kier alpha value is -1.16. The molecule has 0 spiro atoms. The van der Waals surface area contributed by atoms with Gasteiger partial charge in [0.15, 0.2) is 0 Å². The Morgan fingerprint density at radius 1 is 1.06 bits per heavy atom. The summed E-state index contributed by atoms with van der Waals surface area (Å²) in [5.41, 5.74) is 0.687. The van der Waals surface area contributed by atoms with Crippen LogP contribution in [0.15, 0.2) is 9.59 Å². The summed E-state index contributed by atoms with van der Waals surface area (Å²) in [4.78, 5) is 27.1. The molecule has 4 nitrogen and oxygen atoms in total. The zero-order valence-corrected chi connectivity index (χ0v) is 11.4. The van der Waals surface area contributed by atoms with Crippen LogP contribution in [0.2, 0.25) is 0 Å². The third-order valence-corrected chi connectivity index (χ3v) is 3.24. The number of anilines is 1. The molecule has 0 aromatic heterocycles. The Balaban J connectivity index is 2.77. The van der Waals surface area contributed by atoms with Gasteiger partial charge in [-0.2, -0.15) is 0 Å². The molecule has 0 saturated carbocycles. The number of rotatable bonds is 6. The minimum Gasteiger partial charge on any atom is -0.370 e. The fourth-order valence-corrected chi connectivity index (χ4v) is 1.90. The molecule has 1 aromatic carbocycles. The summed E-state index contributed by atoms with van der Waals surface area (Å²) in [5, 5.41) is 0. The van der Waals surface area contributed by atoms with Crippen LogP contribution in [0.5, 0.6) is 0 Å². The quantitative estimate of drug-likeness (QED) is 0.687. The fraction of sp³-hybridized carbons (Fsp3) is 0.692. The van der Waals surface area contributed by atoms with E-state index in [2.05, 4.69) is 11.8 Å². The summed E-state index contributed by atoms with van der Waals surface area (Å²) in [6, 6.07) is 0. The molecule has 0 atom stereocenters. The van der Waals surface area contributed by atoms with Gasteiger partial charge in [-0.3, -0.25) is 9.59 Å². The molecule has 0 amide bonds. The Labute approximate surface area is 103 Å². The van der Waals surface area contributed by atoms with Crippen LogP contribution in [-0.4, -0.2) is 38.6 Å². The maximum atomic E-state index is 11.6. The van der Waals surface area contributed by atoms with Gasteiger partial charge in [-0.05, 0) is 19.5 Å². The average Bonchev–Trinajstić information content (AvgIpc) is 2.30. The minimum atomic E-state index is -0.324. The lowest BCUT2D eigenvalue weighted by Gasteiger charge is -2.26. The first-order chi connectivity index (χ1) is 7.90. The van der Waals surface area contributed by atoms with E-state index < -0.39 is 0 Å². The predicted octanol–water partition coefficient (Wildman–Crippen LogP) is 0.794. The van der Waals surface area contributed by atoms with Crippen molar-refractivity contribution in [1.29, 1.82) is 0 Å². The highest BCUT2D eigenvalue weighted by atomic mass is 16.2. The highest BCUT2D eigenvalue weighted by molar-refractivity contribution is 5.59. The zero-order chi connectivity index (χ0) is 13.2. The van der Waals surface area contributed by atoms with Crippen LogP contribution < -0.4 is 15.8 Å². The standard InChI is InChI=1S/C13H22N2O2/c1-6-14(4)7-8-15(5)11-10(9(2)3)12(16)13(11)17/h9H,6-8H2,1-5H3. The van der Waals surface area contributed by atoms with Gasteiger partial charge in [0, 0.05) is 25.7 Å². The van der Waals surface area contributed by atoms with Gasteiger partial charge < -0.3 is 9.80 Å². The van der Waals surface area contributed by atoms with Crippen molar-refractivity contribution in [3.05, 3.63) is 26.0 Å². The molecule has 0 aliphatic carbocycles. The molecule has 0 fully saturated rings. The molecule has 0 aliphatic rings. The number of likely N-dealkylation sites (N-methyl/N-ethyl adjacent to an activating group) is 2. The van der Waals surface area contributed by atoms with Gasteiger partial charge in [0.25, 0.3) is 0 Å². The van der Waals surface area contributed by atoms with E-state index in [1.54, 1.807) is 0 Å². The molecule has 0 radical (unpaired) electrons. The molecule has 96 valence electrons. The molecule has 0 bridgehead atoms. The lowest BCUT2D eigenvalue weighted by atomic mass is 9.95. The highest BCUT2D eigenvalue weighted by Crippen LogP contribution is 2.21. The summed E-state index contributed by atoms with van der Waals surface area (Å²) >= 11 is 0. The smallest absolute Gasteiger partial charge is 0.249 e. The van der Waals surface area contributed by atoms with Gasteiger partial charge in [0.05, 0.1) is 5.69 Å². The molecule has 0 heterocycles. The van der Waals surface area contributed by atoms with Crippen LogP contribution in [0.3, 0.4) is 0 Å². The van der Waals surface area contributed by atoms with Crippen molar-refractivity contribution in [3.63, 3.8) is 0 Å². The molecule has 0 unspecified atom stereocenters. The fourth-order valence-electron chi connectivity index (χ4n) is 1.90. The summed E-state index contributed by atoms with van der Waals surface area (Å²) in [6.45, 7) is 8.64. The van der Waals surface area contributed by atoms with Crippen LogP contribution in [0.1, 0.15) is 32.3 Å². The van der Waals surface area contributed by atoms with Gasteiger partial charge in [0.2, 0.25) is 10.9 Å². The number of hydrogen-bond donors (Lipinski definition) is 0. The zero-order valence-electron chi connectivity index (χ0n) is 11.4. The summed E-state index contributed by atoms with van der Waals surface area (Å²) in [6.07, 6.45) is 0. The van der Waals surface area contributed by atoms with Crippen LogP contribution in [-0.2, 0) is 0 Å². The lowest BCUT2D eigenvalue weighted by Crippen LogP contribution is -2.44. The van der Waals surface area contributed by atoms with E-state index >= 15 is 0 Å². The van der Waals surface area contributed by atoms with Gasteiger partial charge in [-0.15, -0.1) is 0 Å². The van der Waals surface area contributed by atoms with Crippen molar-refractivity contribution < 1.29 is 0 Å². The second-order valence-corrected chi connectivity index (χ2v) is 4.89. The van der Waals surface area contributed by atoms with Crippen LogP contribution in [0.25, 0.3) is 0 Å². The van der Waals surface area contributed by atoms with E-state index in [4.69, 9.17) is 0 Å². The number of nitrogens with zero attached hydrogens (tertiary/aromatic N) is 2. The Kier molecular flexibility index (Phi) is 4.46. The van der Waals surface area contributed by atoms with E-state index in [0.29, 0.717) is 11.3 Å². The van der Waals surface area contributed by atoms with E-state index in [9.17, 15) is 9.59 Å². The Bertz CT molecular complexity index is 444. The molecular weight excluding hydrogens is 216 g/mol.